The zero-order chi connectivity index (χ0) is 13.9. The van der Waals surface area contributed by atoms with Crippen molar-refractivity contribution in [1.82, 2.24) is 4.31 Å². The number of benzene rings is 1. The maximum atomic E-state index is 12.5. The molecule has 1 amide bonds. The van der Waals surface area contributed by atoms with Crippen LogP contribution < -0.4 is 5.19 Å². The fraction of sp³-hybridized carbons (Fsp3) is 0.462. The lowest BCUT2D eigenvalue weighted by molar-refractivity contribution is 0.0878. The first-order valence-corrected chi connectivity index (χ1v) is 11.0. The third kappa shape index (κ3) is 3.31. The van der Waals surface area contributed by atoms with E-state index in [1.54, 1.807) is 10.4 Å². The third-order valence-electron chi connectivity index (χ3n) is 2.77. The Balaban J connectivity index is 3.35. The molecule has 5 heteroatoms. The standard InChI is InChI=1S/C13H20ClNOSSi/c1-6-15(17-2)13(16)12-10(14)8-7-9-11(12)18(3,4)5/h7-9H,6H2,1-5H3. The SMILES string of the molecule is CCN(SC)C(=O)c1c(Cl)cccc1[Si](C)(C)C. The van der Waals surface area contributed by atoms with Gasteiger partial charge in [-0.2, -0.15) is 0 Å². The number of carbonyl (C=O) groups is 1. The van der Waals surface area contributed by atoms with E-state index >= 15 is 0 Å². The minimum Gasteiger partial charge on any atom is -0.283 e. The summed E-state index contributed by atoms with van der Waals surface area (Å²) in [5.74, 6) is 0.0213. The van der Waals surface area contributed by atoms with Crippen LogP contribution in [0.15, 0.2) is 18.2 Å². The predicted octanol–water partition coefficient (Wildman–Crippen LogP) is 3.63. The second-order valence-corrected chi connectivity index (χ2v) is 11.3. The average molecular weight is 302 g/mol. The van der Waals surface area contributed by atoms with Gasteiger partial charge in [0.15, 0.2) is 0 Å². The van der Waals surface area contributed by atoms with E-state index in [1.165, 1.54) is 11.9 Å². The van der Waals surface area contributed by atoms with Gasteiger partial charge in [-0.3, -0.25) is 9.10 Å². The van der Waals surface area contributed by atoms with Crippen LogP contribution in [0, 0.1) is 0 Å². The van der Waals surface area contributed by atoms with Crippen molar-refractivity contribution in [1.29, 1.82) is 0 Å². The smallest absolute Gasteiger partial charge is 0.265 e. The van der Waals surface area contributed by atoms with Gasteiger partial charge in [-0.1, -0.05) is 55.3 Å². The second kappa shape index (κ2) is 6.13. The minimum atomic E-state index is -1.58. The summed E-state index contributed by atoms with van der Waals surface area (Å²) in [6.45, 7) is 9.33. The summed E-state index contributed by atoms with van der Waals surface area (Å²) in [6, 6.07) is 5.77. The molecule has 0 heterocycles. The monoisotopic (exact) mass is 301 g/mol. The van der Waals surface area contributed by atoms with E-state index in [4.69, 9.17) is 11.6 Å². The van der Waals surface area contributed by atoms with E-state index in [0.29, 0.717) is 17.1 Å². The molecule has 0 saturated carbocycles. The topological polar surface area (TPSA) is 20.3 Å². The van der Waals surface area contributed by atoms with Gasteiger partial charge in [-0.05, 0) is 18.2 Å². The van der Waals surface area contributed by atoms with Gasteiger partial charge < -0.3 is 0 Å². The predicted molar refractivity (Wildman–Crippen MR) is 84.7 cm³/mol. The van der Waals surface area contributed by atoms with Gasteiger partial charge in [0.1, 0.15) is 0 Å². The summed E-state index contributed by atoms with van der Waals surface area (Å²) in [5.41, 5.74) is 0.689. The van der Waals surface area contributed by atoms with Crippen LogP contribution in [0.5, 0.6) is 0 Å². The first-order chi connectivity index (χ1) is 8.32. The van der Waals surface area contributed by atoms with Crippen molar-refractivity contribution in [3.63, 3.8) is 0 Å². The maximum Gasteiger partial charge on any atom is 0.265 e. The molecule has 1 rings (SSSR count). The summed E-state index contributed by atoms with van der Waals surface area (Å²) in [5, 5.41) is 1.69. The summed E-state index contributed by atoms with van der Waals surface area (Å²) in [7, 11) is -1.58. The molecule has 0 aliphatic carbocycles. The molecule has 0 saturated heterocycles. The molecule has 0 aliphatic rings. The first-order valence-electron chi connectivity index (χ1n) is 5.97. The third-order valence-corrected chi connectivity index (χ3v) is 5.98. The highest BCUT2D eigenvalue weighted by atomic mass is 35.5. The van der Waals surface area contributed by atoms with Crippen molar-refractivity contribution >= 4 is 42.7 Å². The molecule has 0 bridgehead atoms. The molecule has 0 aromatic heterocycles. The zero-order valence-electron chi connectivity index (χ0n) is 11.6. The Morgan fingerprint density at radius 1 is 1.39 bits per heavy atom. The number of halogens is 1. The van der Waals surface area contributed by atoms with E-state index in [0.717, 1.165) is 5.19 Å². The summed E-state index contributed by atoms with van der Waals surface area (Å²) < 4.78 is 1.74. The molecular formula is C13H20ClNOSSi. The van der Waals surface area contributed by atoms with Gasteiger partial charge >= 0.3 is 0 Å². The Labute approximate surface area is 120 Å². The first kappa shape index (κ1) is 15.6. The van der Waals surface area contributed by atoms with Gasteiger partial charge in [-0.25, -0.2) is 0 Å². The molecule has 1 aromatic rings. The normalized spacial score (nSPS) is 11.4. The Hall–Kier alpha value is -0.453. The van der Waals surface area contributed by atoms with Crippen LogP contribution in [0.2, 0.25) is 24.7 Å². The maximum absolute atomic E-state index is 12.5. The van der Waals surface area contributed by atoms with E-state index < -0.39 is 8.07 Å². The summed E-state index contributed by atoms with van der Waals surface area (Å²) in [6.07, 6.45) is 1.91. The van der Waals surface area contributed by atoms with Gasteiger partial charge in [0.05, 0.1) is 18.7 Å². The van der Waals surface area contributed by atoms with Crippen LogP contribution in [0.1, 0.15) is 17.3 Å². The Morgan fingerprint density at radius 2 is 2.00 bits per heavy atom. The van der Waals surface area contributed by atoms with Crippen molar-refractivity contribution in [2.45, 2.75) is 26.6 Å². The Kier molecular flexibility index (Phi) is 5.31. The van der Waals surface area contributed by atoms with Crippen molar-refractivity contribution < 1.29 is 4.79 Å². The van der Waals surface area contributed by atoms with Crippen molar-refractivity contribution in [3.05, 3.63) is 28.8 Å². The largest absolute Gasteiger partial charge is 0.283 e. The summed E-state index contributed by atoms with van der Waals surface area (Å²) in [4.78, 5) is 12.5. The highest BCUT2D eigenvalue weighted by Gasteiger charge is 2.27. The van der Waals surface area contributed by atoms with Crippen molar-refractivity contribution in [2.24, 2.45) is 0 Å². The molecular weight excluding hydrogens is 282 g/mol. The second-order valence-electron chi connectivity index (χ2n) is 5.09. The molecule has 2 nitrogen and oxygen atoms in total. The lowest BCUT2D eigenvalue weighted by Gasteiger charge is -2.25. The van der Waals surface area contributed by atoms with Crippen LogP contribution in [0.4, 0.5) is 0 Å². The molecule has 100 valence electrons. The van der Waals surface area contributed by atoms with Gasteiger partial charge in [0.2, 0.25) is 0 Å². The molecule has 0 spiro atoms. The van der Waals surface area contributed by atoms with Crippen LogP contribution in [-0.2, 0) is 0 Å². The van der Waals surface area contributed by atoms with E-state index in [9.17, 15) is 4.79 Å². The quantitative estimate of drug-likeness (QED) is 0.625. The molecule has 0 radical (unpaired) electrons. The van der Waals surface area contributed by atoms with Crippen molar-refractivity contribution in [2.75, 3.05) is 12.8 Å². The highest BCUT2D eigenvalue weighted by molar-refractivity contribution is 7.96. The number of nitrogens with zero attached hydrogens (tertiary/aromatic N) is 1. The molecule has 0 unspecified atom stereocenters. The molecule has 18 heavy (non-hydrogen) atoms. The lowest BCUT2D eigenvalue weighted by atomic mass is 10.2. The van der Waals surface area contributed by atoms with Crippen LogP contribution >= 0.6 is 23.5 Å². The summed E-state index contributed by atoms with van der Waals surface area (Å²) >= 11 is 7.70. The van der Waals surface area contributed by atoms with E-state index in [2.05, 4.69) is 19.6 Å². The highest BCUT2D eigenvalue weighted by Crippen LogP contribution is 2.21. The number of rotatable bonds is 4. The Bertz CT molecular complexity index is 441. The number of hydrogen-bond donors (Lipinski definition) is 0. The van der Waals surface area contributed by atoms with Crippen LogP contribution in [-0.4, -0.2) is 31.1 Å². The van der Waals surface area contributed by atoms with Crippen LogP contribution in [0.3, 0.4) is 0 Å². The van der Waals surface area contributed by atoms with E-state index in [-0.39, 0.29) is 5.91 Å². The van der Waals surface area contributed by atoms with Gasteiger partial charge in [-0.15, -0.1) is 0 Å². The molecule has 0 atom stereocenters. The van der Waals surface area contributed by atoms with Crippen molar-refractivity contribution in [3.8, 4) is 0 Å². The Morgan fingerprint density at radius 3 is 2.44 bits per heavy atom. The molecule has 1 aromatic carbocycles. The number of hydrogen-bond acceptors (Lipinski definition) is 2. The zero-order valence-corrected chi connectivity index (χ0v) is 14.2. The number of carbonyl (C=O) groups excluding carboxylic acids is 1. The average Bonchev–Trinajstić information content (AvgIpc) is 2.28. The van der Waals surface area contributed by atoms with Crippen LogP contribution in [0.25, 0.3) is 0 Å². The van der Waals surface area contributed by atoms with E-state index in [1.807, 2.05) is 25.3 Å². The van der Waals surface area contributed by atoms with Gasteiger partial charge in [0, 0.05) is 12.8 Å². The minimum absolute atomic E-state index is 0.0213. The molecule has 0 N–H and O–H groups in total. The molecule has 0 fully saturated rings. The van der Waals surface area contributed by atoms with Gasteiger partial charge in [0.25, 0.3) is 5.91 Å². The fourth-order valence-corrected chi connectivity index (χ4v) is 4.28. The molecule has 0 aliphatic heterocycles. The lowest BCUT2D eigenvalue weighted by Crippen LogP contribution is -2.43. The fourth-order valence-electron chi connectivity index (χ4n) is 1.85. The number of amides is 1.